The molecule has 0 aromatic heterocycles. The zero-order chi connectivity index (χ0) is 15.3. The maximum atomic E-state index is 11.7. The zero-order valence-electron chi connectivity index (χ0n) is 11.9. The Morgan fingerprint density at radius 3 is 2.60 bits per heavy atom. The number of hydrogen-bond donors (Lipinski definition) is 2. The van der Waals surface area contributed by atoms with Crippen molar-refractivity contribution in [3.05, 3.63) is 10.4 Å². The number of rotatable bonds is 4. The Morgan fingerprint density at radius 2 is 2.10 bits per heavy atom. The molecule has 0 aromatic carbocycles. The largest absolute Gasteiger partial charge is 0.480 e. The second-order valence-electron chi connectivity index (χ2n) is 5.83. The Labute approximate surface area is 117 Å². The summed E-state index contributed by atoms with van der Waals surface area (Å²) in [4.78, 5) is 25.8. The van der Waals surface area contributed by atoms with Crippen molar-refractivity contribution in [2.45, 2.75) is 57.7 Å². The number of nitrogens with zero attached hydrogens (tertiary/aromatic N) is 3. The van der Waals surface area contributed by atoms with E-state index in [0.29, 0.717) is 12.8 Å². The van der Waals surface area contributed by atoms with Gasteiger partial charge in [0.1, 0.15) is 11.6 Å². The molecule has 0 saturated heterocycles. The topological polar surface area (TPSA) is 124 Å². The molecule has 2 N–H and O–H groups in total. The molecule has 8 nitrogen and oxygen atoms in total. The number of carbonyl (C=O) groups excluding carboxylic acids is 1. The first-order valence-corrected chi connectivity index (χ1v) is 6.51. The SMILES string of the molecule is CC(C)(C)OC(=O)NC(C(=O)O)[C@H]1CCC[C@H]1N=[N+]=[N-]. The predicted molar refractivity (Wildman–Crippen MR) is 71.1 cm³/mol. The maximum absolute atomic E-state index is 11.7. The van der Waals surface area contributed by atoms with Crippen LogP contribution in [0.4, 0.5) is 4.79 Å². The van der Waals surface area contributed by atoms with Crippen LogP contribution >= 0.6 is 0 Å². The maximum Gasteiger partial charge on any atom is 0.408 e. The van der Waals surface area contributed by atoms with Crippen LogP contribution in [0, 0.1) is 5.92 Å². The molecule has 0 bridgehead atoms. The molecular weight excluding hydrogens is 264 g/mol. The minimum absolute atomic E-state index is 0.406. The van der Waals surface area contributed by atoms with Crippen molar-refractivity contribution in [1.82, 2.24) is 5.32 Å². The van der Waals surface area contributed by atoms with Gasteiger partial charge in [0.05, 0.1) is 0 Å². The lowest BCUT2D eigenvalue weighted by Gasteiger charge is -2.26. The van der Waals surface area contributed by atoms with Gasteiger partial charge in [0.25, 0.3) is 0 Å². The van der Waals surface area contributed by atoms with E-state index in [-0.39, 0.29) is 0 Å². The van der Waals surface area contributed by atoms with E-state index >= 15 is 0 Å². The van der Waals surface area contributed by atoms with Crippen LogP contribution in [-0.4, -0.2) is 34.9 Å². The summed E-state index contributed by atoms with van der Waals surface area (Å²) in [6.07, 6.45) is 1.22. The highest BCUT2D eigenvalue weighted by Crippen LogP contribution is 2.31. The monoisotopic (exact) mass is 284 g/mol. The average molecular weight is 284 g/mol. The Bertz CT molecular complexity index is 426. The van der Waals surface area contributed by atoms with Crippen molar-refractivity contribution in [3.63, 3.8) is 0 Å². The van der Waals surface area contributed by atoms with Crippen LogP contribution in [0.2, 0.25) is 0 Å². The van der Waals surface area contributed by atoms with Crippen LogP contribution in [0.15, 0.2) is 5.11 Å². The molecule has 0 aliphatic heterocycles. The van der Waals surface area contributed by atoms with Gasteiger partial charge >= 0.3 is 12.1 Å². The Morgan fingerprint density at radius 1 is 1.45 bits per heavy atom. The second kappa shape index (κ2) is 6.47. The van der Waals surface area contributed by atoms with Gasteiger partial charge in [-0.25, -0.2) is 9.59 Å². The van der Waals surface area contributed by atoms with Gasteiger partial charge in [0.2, 0.25) is 0 Å². The van der Waals surface area contributed by atoms with Crippen molar-refractivity contribution < 1.29 is 19.4 Å². The fraction of sp³-hybridized carbons (Fsp3) is 0.833. The summed E-state index contributed by atoms with van der Waals surface area (Å²) in [6.45, 7) is 5.09. The number of carboxylic acid groups (broad SMARTS) is 1. The van der Waals surface area contributed by atoms with Gasteiger partial charge in [-0.2, -0.15) is 0 Å². The number of carbonyl (C=O) groups is 2. The highest BCUT2D eigenvalue weighted by molar-refractivity contribution is 5.80. The standard InChI is InChI=1S/C12H20N4O4/c1-12(2,3)20-11(19)14-9(10(17)18)7-5-4-6-8(7)15-16-13/h7-9H,4-6H2,1-3H3,(H,14,19)(H,17,18)/t7-,8+,9?/m0/s1. The number of azide groups is 1. The molecule has 3 atom stereocenters. The van der Waals surface area contributed by atoms with E-state index < -0.39 is 35.7 Å². The molecule has 1 amide bonds. The van der Waals surface area contributed by atoms with Crippen molar-refractivity contribution in [1.29, 1.82) is 0 Å². The lowest BCUT2D eigenvalue weighted by Crippen LogP contribution is -2.49. The van der Waals surface area contributed by atoms with Gasteiger partial charge < -0.3 is 15.2 Å². The van der Waals surface area contributed by atoms with Gasteiger partial charge in [-0.1, -0.05) is 11.5 Å². The van der Waals surface area contributed by atoms with E-state index in [9.17, 15) is 14.7 Å². The number of carboxylic acids is 1. The number of alkyl carbamates (subject to hydrolysis) is 1. The smallest absolute Gasteiger partial charge is 0.408 e. The quantitative estimate of drug-likeness (QED) is 0.467. The molecule has 8 heteroatoms. The summed E-state index contributed by atoms with van der Waals surface area (Å²) < 4.78 is 5.06. The van der Waals surface area contributed by atoms with E-state index in [1.165, 1.54) is 0 Å². The highest BCUT2D eigenvalue weighted by atomic mass is 16.6. The van der Waals surface area contributed by atoms with Gasteiger partial charge in [-0.15, -0.1) is 0 Å². The van der Waals surface area contributed by atoms with Crippen molar-refractivity contribution in [3.8, 4) is 0 Å². The number of hydrogen-bond acceptors (Lipinski definition) is 4. The molecule has 0 spiro atoms. The molecule has 20 heavy (non-hydrogen) atoms. The molecule has 1 fully saturated rings. The molecule has 112 valence electrons. The summed E-state index contributed by atoms with van der Waals surface area (Å²) in [7, 11) is 0. The van der Waals surface area contributed by atoms with Crippen LogP contribution in [-0.2, 0) is 9.53 Å². The Balaban J connectivity index is 2.77. The third-order valence-corrected chi connectivity index (χ3v) is 3.10. The minimum atomic E-state index is -1.15. The first-order chi connectivity index (χ1) is 9.24. The van der Waals surface area contributed by atoms with Crippen molar-refractivity contribution >= 4 is 12.1 Å². The highest BCUT2D eigenvalue weighted by Gasteiger charge is 2.38. The van der Waals surface area contributed by atoms with Crippen LogP contribution in [0.5, 0.6) is 0 Å². The van der Waals surface area contributed by atoms with E-state index in [2.05, 4.69) is 15.3 Å². The molecular formula is C12H20N4O4. The van der Waals surface area contributed by atoms with Gasteiger partial charge in [0, 0.05) is 11.0 Å². The molecule has 1 rings (SSSR count). The third kappa shape index (κ3) is 4.62. The first kappa shape index (κ1) is 16.1. The van der Waals surface area contributed by atoms with E-state index in [1.54, 1.807) is 20.8 Å². The average Bonchev–Trinajstić information content (AvgIpc) is 2.71. The molecule has 0 aromatic rings. The number of ether oxygens (including phenoxy) is 1. The molecule has 1 aliphatic rings. The van der Waals surface area contributed by atoms with Crippen molar-refractivity contribution in [2.24, 2.45) is 11.0 Å². The van der Waals surface area contributed by atoms with Crippen LogP contribution in [0.3, 0.4) is 0 Å². The Hall–Kier alpha value is -1.95. The second-order valence-corrected chi connectivity index (χ2v) is 5.83. The van der Waals surface area contributed by atoms with Crippen LogP contribution in [0.25, 0.3) is 10.4 Å². The molecule has 0 radical (unpaired) electrons. The summed E-state index contributed by atoms with van der Waals surface area (Å²) in [6, 6.07) is -1.51. The van der Waals surface area contributed by atoms with Gasteiger partial charge in [-0.05, 0) is 45.1 Å². The fourth-order valence-corrected chi connectivity index (χ4v) is 2.35. The zero-order valence-corrected chi connectivity index (χ0v) is 11.9. The number of nitrogens with one attached hydrogen (secondary N) is 1. The predicted octanol–water partition coefficient (Wildman–Crippen LogP) is 2.44. The summed E-state index contributed by atoms with van der Waals surface area (Å²) in [5.74, 6) is -1.56. The normalized spacial score (nSPS) is 23.6. The first-order valence-electron chi connectivity index (χ1n) is 6.51. The summed E-state index contributed by atoms with van der Waals surface area (Å²) in [5, 5.41) is 15.2. The molecule has 1 saturated carbocycles. The molecule has 0 heterocycles. The summed E-state index contributed by atoms with van der Waals surface area (Å²) >= 11 is 0. The van der Waals surface area contributed by atoms with E-state index in [1.807, 2.05) is 0 Å². The van der Waals surface area contributed by atoms with Crippen molar-refractivity contribution in [2.75, 3.05) is 0 Å². The number of amides is 1. The minimum Gasteiger partial charge on any atom is -0.480 e. The van der Waals surface area contributed by atoms with Gasteiger partial charge in [0.15, 0.2) is 0 Å². The lowest BCUT2D eigenvalue weighted by atomic mass is 9.95. The lowest BCUT2D eigenvalue weighted by molar-refractivity contribution is -0.141. The van der Waals surface area contributed by atoms with Crippen LogP contribution < -0.4 is 5.32 Å². The molecule has 1 aliphatic carbocycles. The van der Waals surface area contributed by atoms with E-state index in [4.69, 9.17) is 10.3 Å². The van der Waals surface area contributed by atoms with Gasteiger partial charge in [-0.3, -0.25) is 0 Å². The molecule has 1 unspecified atom stereocenters. The fourth-order valence-electron chi connectivity index (χ4n) is 2.35. The third-order valence-electron chi connectivity index (χ3n) is 3.10. The Kier molecular flexibility index (Phi) is 5.21. The summed E-state index contributed by atoms with van der Waals surface area (Å²) in [5.41, 5.74) is 7.80. The van der Waals surface area contributed by atoms with E-state index in [0.717, 1.165) is 6.42 Å². The van der Waals surface area contributed by atoms with Crippen LogP contribution in [0.1, 0.15) is 40.0 Å². The number of aliphatic carboxylic acids is 1.